The molecule has 0 saturated heterocycles. The molecule has 0 atom stereocenters. The number of carboxylic acid groups (broad SMARTS) is 1. The maximum atomic E-state index is 10.6. The van der Waals surface area contributed by atoms with Crippen LogP contribution in [-0.4, -0.2) is 11.1 Å². The number of aromatic carboxylic acids is 1. The highest BCUT2D eigenvalue weighted by Gasteiger charge is 2.18. The number of carboxylic acids is 1. The van der Waals surface area contributed by atoms with Gasteiger partial charge >= 0.3 is 5.97 Å². The number of nitrogen functional groups attached to an aromatic ring is 1. The van der Waals surface area contributed by atoms with Gasteiger partial charge in [-0.15, -0.1) is 0 Å². The molecule has 0 aliphatic heterocycles. The van der Waals surface area contributed by atoms with E-state index in [4.69, 9.17) is 45.6 Å². The Morgan fingerprint density at radius 1 is 1.31 bits per heavy atom. The summed E-state index contributed by atoms with van der Waals surface area (Å²) in [6.45, 7) is 0. The minimum absolute atomic E-state index is 0.0186. The molecule has 0 aliphatic carbocycles. The molecule has 70 valence electrons. The molecule has 3 nitrogen and oxygen atoms in total. The maximum Gasteiger partial charge on any atom is 0.338 e. The standard InChI is InChI=1S/C7H4Cl3NO2/c8-2-1-3(9)6(11)5(10)4(2)7(12)13/h1H,11H2,(H,12,13). The minimum atomic E-state index is -1.24. The van der Waals surface area contributed by atoms with Gasteiger partial charge < -0.3 is 10.8 Å². The number of carbonyl (C=O) groups is 1. The highest BCUT2D eigenvalue weighted by molar-refractivity contribution is 6.44. The predicted molar refractivity (Wildman–Crippen MR) is 52.8 cm³/mol. The fourth-order valence-corrected chi connectivity index (χ4v) is 1.73. The number of nitrogens with two attached hydrogens (primary N) is 1. The van der Waals surface area contributed by atoms with Gasteiger partial charge in [-0.05, 0) is 6.07 Å². The lowest BCUT2D eigenvalue weighted by molar-refractivity contribution is 0.0697. The topological polar surface area (TPSA) is 63.3 Å². The minimum Gasteiger partial charge on any atom is -0.478 e. The van der Waals surface area contributed by atoms with Crippen molar-refractivity contribution in [1.82, 2.24) is 0 Å². The fraction of sp³-hybridized carbons (Fsp3) is 0. The van der Waals surface area contributed by atoms with Crippen LogP contribution >= 0.6 is 34.8 Å². The van der Waals surface area contributed by atoms with Gasteiger partial charge in [0, 0.05) is 0 Å². The molecular formula is C7H4Cl3NO2. The molecule has 13 heavy (non-hydrogen) atoms. The number of rotatable bonds is 1. The number of anilines is 1. The van der Waals surface area contributed by atoms with Crippen molar-refractivity contribution in [2.75, 3.05) is 5.73 Å². The van der Waals surface area contributed by atoms with E-state index in [0.717, 1.165) is 0 Å². The van der Waals surface area contributed by atoms with Gasteiger partial charge in [0.15, 0.2) is 0 Å². The first-order valence-corrected chi connectivity index (χ1v) is 4.24. The lowest BCUT2D eigenvalue weighted by Crippen LogP contribution is -2.02. The first-order chi connectivity index (χ1) is 5.95. The van der Waals surface area contributed by atoms with Crippen molar-refractivity contribution in [3.05, 3.63) is 26.7 Å². The molecule has 0 heterocycles. The Balaban J connectivity index is 3.53. The third-order valence-electron chi connectivity index (χ3n) is 1.42. The second-order valence-electron chi connectivity index (χ2n) is 2.25. The van der Waals surface area contributed by atoms with Crippen LogP contribution in [0.15, 0.2) is 6.07 Å². The Morgan fingerprint density at radius 3 is 2.31 bits per heavy atom. The quantitative estimate of drug-likeness (QED) is 0.742. The molecule has 0 spiro atoms. The zero-order valence-corrected chi connectivity index (χ0v) is 8.41. The van der Waals surface area contributed by atoms with Gasteiger partial charge in [-0.3, -0.25) is 0 Å². The fourth-order valence-electron chi connectivity index (χ4n) is 0.802. The number of halogens is 3. The number of hydrogen-bond acceptors (Lipinski definition) is 2. The van der Waals surface area contributed by atoms with Crippen molar-refractivity contribution < 1.29 is 9.90 Å². The van der Waals surface area contributed by atoms with Gasteiger partial charge in [0.1, 0.15) is 0 Å². The summed E-state index contributed by atoms with van der Waals surface area (Å²) in [5, 5.41) is 8.67. The van der Waals surface area contributed by atoms with E-state index in [0.29, 0.717) is 0 Å². The average Bonchev–Trinajstić information content (AvgIpc) is 1.99. The third kappa shape index (κ3) is 1.82. The summed E-state index contributed by atoms with van der Waals surface area (Å²) >= 11 is 16.8. The van der Waals surface area contributed by atoms with Crippen LogP contribution in [0.3, 0.4) is 0 Å². The van der Waals surface area contributed by atoms with E-state index in [2.05, 4.69) is 0 Å². The van der Waals surface area contributed by atoms with E-state index < -0.39 is 5.97 Å². The summed E-state index contributed by atoms with van der Waals surface area (Å²) in [7, 11) is 0. The van der Waals surface area contributed by atoms with Crippen molar-refractivity contribution in [3.8, 4) is 0 Å². The summed E-state index contributed by atoms with van der Waals surface area (Å²) < 4.78 is 0. The smallest absolute Gasteiger partial charge is 0.338 e. The zero-order valence-electron chi connectivity index (χ0n) is 6.14. The zero-order chi connectivity index (χ0) is 10.2. The second-order valence-corrected chi connectivity index (χ2v) is 3.44. The van der Waals surface area contributed by atoms with E-state index in [1.807, 2.05) is 0 Å². The molecule has 0 aromatic heterocycles. The Kier molecular flexibility index (Phi) is 2.91. The molecule has 0 fully saturated rings. The summed E-state index contributed by atoms with van der Waals surface area (Å²) in [5.74, 6) is -1.24. The summed E-state index contributed by atoms with van der Waals surface area (Å²) in [6, 6.07) is 1.24. The van der Waals surface area contributed by atoms with Crippen molar-refractivity contribution >= 4 is 46.5 Å². The molecule has 0 unspecified atom stereocenters. The van der Waals surface area contributed by atoms with E-state index >= 15 is 0 Å². The summed E-state index contributed by atoms with van der Waals surface area (Å²) in [6.07, 6.45) is 0. The molecule has 0 saturated carbocycles. The molecule has 6 heteroatoms. The van der Waals surface area contributed by atoms with Gasteiger partial charge in [0.05, 0.1) is 26.3 Å². The molecular weight excluding hydrogens is 236 g/mol. The van der Waals surface area contributed by atoms with Crippen LogP contribution in [0, 0.1) is 0 Å². The van der Waals surface area contributed by atoms with Gasteiger partial charge in [0.25, 0.3) is 0 Å². The monoisotopic (exact) mass is 239 g/mol. The number of benzene rings is 1. The highest BCUT2D eigenvalue weighted by Crippen LogP contribution is 2.35. The van der Waals surface area contributed by atoms with Gasteiger partial charge in [-0.2, -0.15) is 0 Å². The normalized spacial score (nSPS) is 10.1. The van der Waals surface area contributed by atoms with Crippen molar-refractivity contribution in [2.45, 2.75) is 0 Å². The van der Waals surface area contributed by atoms with Crippen LogP contribution in [0.1, 0.15) is 10.4 Å². The number of hydrogen-bond donors (Lipinski definition) is 2. The van der Waals surface area contributed by atoms with Crippen LogP contribution < -0.4 is 5.73 Å². The molecule has 1 aromatic carbocycles. The third-order valence-corrected chi connectivity index (χ3v) is 2.42. The van der Waals surface area contributed by atoms with E-state index in [9.17, 15) is 4.79 Å². The second kappa shape index (κ2) is 3.62. The SMILES string of the molecule is Nc1c(Cl)cc(Cl)c(C(=O)O)c1Cl. The molecule has 1 aromatic rings. The van der Waals surface area contributed by atoms with E-state index in [1.165, 1.54) is 6.07 Å². The van der Waals surface area contributed by atoms with Gasteiger partial charge in [0.2, 0.25) is 0 Å². The molecule has 0 amide bonds. The van der Waals surface area contributed by atoms with Crippen molar-refractivity contribution in [1.29, 1.82) is 0 Å². The van der Waals surface area contributed by atoms with E-state index in [-0.39, 0.29) is 26.3 Å². The highest BCUT2D eigenvalue weighted by atomic mass is 35.5. The van der Waals surface area contributed by atoms with Crippen LogP contribution in [0.25, 0.3) is 0 Å². The Labute approximate surface area is 89.0 Å². The van der Waals surface area contributed by atoms with Crippen LogP contribution in [0.4, 0.5) is 5.69 Å². The maximum absolute atomic E-state index is 10.6. The van der Waals surface area contributed by atoms with Gasteiger partial charge in [-0.1, -0.05) is 34.8 Å². The van der Waals surface area contributed by atoms with Crippen molar-refractivity contribution in [2.24, 2.45) is 0 Å². The molecule has 0 bridgehead atoms. The molecule has 3 N–H and O–H groups in total. The molecule has 0 aliphatic rings. The van der Waals surface area contributed by atoms with Crippen LogP contribution in [0.5, 0.6) is 0 Å². The Morgan fingerprint density at radius 2 is 1.85 bits per heavy atom. The Bertz CT molecular complexity index is 378. The average molecular weight is 240 g/mol. The summed E-state index contributed by atoms with van der Waals surface area (Å²) in [5.41, 5.74) is 5.19. The van der Waals surface area contributed by atoms with Crippen LogP contribution in [0.2, 0.25) is 15.1 Å². The first-order valence-electron chi connectivity index (χ1n) is 3.11. The van der Waals surface area contributed by atoms with Gasteiger partial charge in [-0.25, -0.2) is 4.79 Å². The Hall–Kier alpha value is -0.640. The van der Waals surface area contributed by atoms with Crippen molar-refractivity contribution in [3.63, 3.8) is 0 Å². The lowest BCUT2D eigenvalue weighted by atomic mass is 10.2. The summed E-state index contributed by atoms with van der Waals surface area (Å²) in [4.78, 5) is 10.6. The largest absolute Gasteiger partial charge is 0.478 e. The van der Waals surface area contributed by atoms with E-state index in [1.54, 1.807) is 0 Å². The predicted octanol–water partition coefficient (Wildman–Crippen LogP) is 2.93. The first kappa shape index (κ1) is 10.4. The lowest BCUT2D eigenvalue weighted by Gasteiger charge is -2.06. The molecule has 1 rings (SSSR count). The molecule has 0 radical (unpaired) electrons. The van der Waals surface area contributed by atoms with Crippen LogP contribution in [-0.2, 0) is 0 Å².